The van der Waals surface area contributed by atoms with Crippen LogP contribution in [0.1, 0.15) is 58.6 Å². The maximum atomic E-state index is 15.1. The minimum absolute atomic E-state index is 0.0293. The molecule has 0 aliphatic carbocycles. The number of nitrogens with zero attached hydrogens (tertiary/aromatic N) is 8. The molecular weight excluding hydrogens is 911 g/mol. The number of rotatable bonds is 23. The second-order valence-electron chi connectivity index (χ2n) is 16.7. The summed E-state index contributed by atoms with van der Waals surface area (Å²) in [6, 6.07) is 13.5. The van der Waals surface area contributed by atoms with Crippen LogP contribution in [0.4, 0.5) is 31.4 Å². The number of benzene rings is 2. The van der Waals surface area contributed by atoms with Gasteiger partial charge in [0, 0.05) is 61.9 Å². The fourth-order valence-electron chi connectivity index (χ4n) is 7.68. The van der Waals surface area contributed by atoms with E-state index in [0.29, 0.717) is 86.2 Å². The molecule has 18 nitrogen and oxygen atoms in total. The molecule has 21 heteroatoms. The molecule has 1 aliphatic rings. The van der Waals surface area contributed by atoms with Gasteiger partial charge in [0.25, 0.3) is 5.91 Å². The zero-order valence-corrected chi connectivity index (χ0v) is 40.3. The van der Waals surface area contributed by atoms with Crippen molar-refractivity contribution in [3.63, 3.8) is 0 Å². The molecule has 0 spiro atoms. The Balaban J connectivity index is 0.711. The van der Waals surface area contributed by atoms with Crippen molar-refractivity contribution in [2.24, 2.45) is 0 Å². The van der Waals surface area contributed by atoms with E-state index < -0.39 is 11.6 Å². The number of anilines is 4. The third kappa shape index (κ3) is 14.1. The highest BCUT2D eigenvalue weighted by Gasteiger charge is 2.21. The highest BCUT2D eigenvalue weighted by molar-refractivity contribution is 7.15. The van der Waals surface area contributed by atoms with E-state index in [2.05, 4.69) is 56.0 Å². The highest BCUT2D eigenvalue weighted by atomic mass is 32.1. The molecule has 7 rings (SSSR count). The van der Waals surface area contributed by atoms with Crippen LogP contribution in [0.15, 0.2) is 60.9 Å². The van der Waals surface area contributed by atoms with Crippen LogP contribution in [0.25, 0.3) is 22.3 Å². The van der Waals surface area contributed by atoms with Crippen molar-refractivity contribution in [2.75, 3.05) is 94.9 Å². The Hall–Kier alpha value is -6.36. The molecule has 0 saturated carbocycles. The van der Waals surface area contributed by atoms with Gasteiger partial charge in [-0.3, -0.25) is 29.5 Å². The number of fused-ring (bicyclic) bond motifs is 1. The number of hydrogen-bond acceptors (Lipinski definition) is 15. The molecule has 5 heterocycles. The summed E-state index contributed by atoms with van der Waals surface area (Å²) in [5.74, 6) is -0.664. The number of halogens is 2. The van der Waals surface area contributed by atoms with Gasteiger partial charge in [-0.25, -0.2) is 33.7 Å². The number of imidazole rings is 1. The Morgan fingerprint density at radius 2 is 1.51 bits per heavy atom. The van der Waals surface area contributed by atoms with Crippen molar-refractivity contribution >= 4 is 62.7 Å². The van der Waals surface area contributed by atoms with Crippen molar-refractivity contribution in [1.29, 1.82) is 0 Å². The summed E-state index contributed by atoms with van der Waals surface area (Å²) in [7, 11) is 0. The Morgan fingerprint density at radius 1 is 0.783 bits per heavy atom. The average Bonchev–Trinajstić information content (AvgIpc) is 3.84. The van der Waals surface area contributed by atoms with Gasteiger partial charge in [0.05, 0.1) is 81.3 Å². The van der Waals surface area contributed by atoms with E-state index in [1.165, 1.54) is 17.4 Å². The molecule has 4 aromatic heterocycles. The van der Waals surface area contributed by atoms with Gasteiger partial charge in [0.15, 0.2) is 16.8 Å². The predicted molar refractivity (Wildman–Crippen MR) is 260 cm³/mol. The summed E-state index contributed by atoms with van der Waals surface area (Å²) in [4.78, 5) is 65.1. The Labute approximate surface area is 403 Å². The van der Waals surface area contributed by atoms with Gasteiger partial charge in [-0.2, -0.15) is 0 Å². The Bertz CT molecular complexity index is 2690. The highest BCUT2D eigenvalue weighted by Crippen LogP contribution is 2.31. The minimum Gasteiger partial charge on any atom is -0.379 e. The zero-order valence-electron chi connectivity index (χ0n) is 39.4. The summed E-state index contributed by atoms with van der Waals surface area (Å²) in [6.07, 6.45) is 2.93. The van der Waals surface area contributed by atoms with Crippen LogP contribution in [0.3, 0.4) is 0 Å². The molecule has 69 heavy (non-hydrogen) atoms. The molecule has 0 atom stereocenters. The zero-order chi connectivity index (χ0) is 48.9. The number of carbonyl (C=O) groups excluding carboxylic acids is 3. The summed E-state index contributed by atoms with van der Waals surface area (Å²) in [5.41, 5.74) is 3.64. The van der Waals surface area contributed by atoms with Crippen LogP contribution in [0.5, 0.6) is 0 Å². The number of nitrogens with one attached hydrogen (secondary N) is 4. The summed E-state index contributed by atoms with van der Waals surface area (Å²) in [5, 5.41) is 12.0. The number of para-hydroxylation sites is 1. The fourth-order valence-corrected chi connectivity index (χ4v) is 8.49. The second kappa shape index (κ2) is 24.3. The molecule has 2 aromatic carbocycles. The average molecular weight is 969 g/mol. The monoisotopic (exact) mass is 968 g/mol. The number of pyridine rings is 1. The van der Waals surface area contributed by atoms with Crippen molar-refractivity contribution < 1.29 is 37.4 Å². The molecule has 1 aliphatic heterocycles. The first-order valence-electron chi connectivity index (χ1n) is 22.8. The molecule has 366 valence electrons. The van der Waals surface area contributed by atoms with Crippen molar-refractivity contribution in [3.8, 4) is 11.3 Å². The topological polar surface area (TPSA) is 203 Å². The van der Waals surface area contributed by atoms with E-state index >= 15 is 8.78 Å². The van der Waals surface area contributed by atoms with E-state index in [1.807, 2.05) is 45.3 Å². The van der Waals surface area contributed by atoms with Gasteiger partial charge < -0.3 is 34.7 Å². The van der Waals surface area contributed by atoms with E-state index in [9.17, 15) is 14.4 Å². The van der Waals surface area contributed by atoms with Crippen molar-refractivity contribution in [3.05, 3.63) is 100 Å². The molecule has 3 amide bonds. The third-order valence-electron chi connectivity index (χ3n) is 11.2. The van der Waals surface area contributed by atoms with Crippen LogP contribution in [0.2, 0.25) is 0 Å². The van der Waals surface area contributed by atoms with Crippen molar-refractivity contribution in [2.45, 2.75) is 53.6 Å². The first-order chi connectivity index (χ1) is 33.3. The van der Waals surface area contributed by atoms with E-state index in [-0.39, 0.29) is 59.5 Å². The maximum Gasteiger partial charge on any atom is 0.259 e. The molecule has 1 fully saturated rings. The van der Waals surface area contributed by atoms with Crippen LogP contribution < -0.4 is 21.3 Å². The normalized spacial score (nSPS) is 13.3. The SMILES string of the molecule is Cc1nc(NC(=O)c2ccccc2NC(=O)CCOCCOCCOCCNC(=O)CN2CCN(Cc3ccc(Nc4ncc(F)c(-c5cc(F)c6nc(C)n(C(C)C)c6c5)n4)nc3)CC2)sc1C. The lowest BCUT2D eigenvalue weighted by Gasteiger charge is -2.34. The Morgan fingerprint density at radius 3 is 2.22 bits per heavy atom. The number of ether oxygens (including phenoxy) is 3. The molecule has 1 saturated heterocycles. The molecule has 4 N–H and O–H groups in total. The largest absolute Gasteiger partial charge is 0.379 e. The second-order valence-corrected chi connectivity index (χ2v) is 17.9. The van der Waals surface area contributed by atoms with E-state index in [1.54, 1.807) is 42.6 Å². The van der Waals surface area contributed by atoms with Crippen molar-refractivity contribution in [1.82, 2.24) is 44.6 Å². The number of hydrogen-bond donors (Lipinski definition) is 4. The standard InChI is InChI=1S/C48H58F2N12O6S/c1-30(2)62-33(5)55-45-37(49)24-35(25-40(45)62)44-38(50)27-53-47(58-44)57-41-11-10-34(26-52-41)28-60-14-16-61(17-15-60)29-43(64)51-13-19-67-21-23-68-22-20-66-18-12-42(63)56-39-9-7-6-8-36(39)46(65)59-48-54-31(3)32(4)69-48/h6-11,24-27,30H,12-23,28-29H2,1-5H3,(H,51,64)(H,56,63)(H,54,59,65)(H,52,53,57,58). The number of piperazine rings is 1. The number of thiazole rings is 1. The van der Waals surface area contributed by atoms with Gasteiger partial charge >= 0.3 is 0 Å². The Kier molecular flexibility index (Phi) is 17.8. The molecular formula is C48H58F2N12O6S. The quantitative estimate of drug-likeness (QED) is 0.0511. The maximum absolute atomic E-state index is 15.1. The van der Waals surface area contributed by atoms with Gasteiger partial charge in [-0.15, -0.1) is 11.3 Å². The summed E-state index contributed by atoms with van der Waals surface area (Å²) < 4.78 is 48.7. The predicted octanol–water partition coefficient (Wildman–Crippen LogP) is 6.44. The van der Waals surface area contributed by atoms with Crippen LogP contribution in [0, 0.1) is 32.4 Å². The van der Waals surface area contributed by atoms with Gasteiger partial charge in [-0.1, -0.05) is 18.2 Å². The number of amides is 3. The summed E-state index contributed by atoms with van der Waals surface area (Å²) in [6.45, 7) is 15.9. The molecule has 0 radical (unpaired) electrons. The van der Waals surface area contributed by atoms with Gasteiger partial charge in [-0.05, 0) is 70.5 Å². The molecule has 0 unspecified atom stereocenters. The molecule has 6 aromatic rings. The lowest BCUT2D eigenvalue weighted by atomic mass is 10.1. The van der Waals surface area contributed by atoms with E-state index in [0.717, 1.165) is 48.5 Å². The lowest BCUT2D eigenvalue weighted by Crippen LogP contribution is -2.49. The first kappa shape index (κ1) is 50.5. The van der Waals surface area contributed by atoms with Crippen LogP contribution in [-0.4, -0.2) is 136 Å². The van der Waals surface area contributed by atoms with Crippen LogP contribution >= 0.6 is 11.3 Å². The summed E-state index contributed by atoms with van der Waals surface area (Å²) >= 11 is 1.40. The van der Waals surface area contributed by atoms with Crippen LogP contribution in [-0.2, 0) is 30.3 Å². The molecule has 0 bridgehead atoms. The third-order valence-corrected chi connectivity index (χ3v) is 12.2. The number of aromatic nitrogens is 6. The van der Waals surface area contributed by atoms with Gasteiger partial charge in [0.1, 0.15) is 22.9 Å². The van der Waals surface area contributed by atoms with Gasteiger partial charge in [0.2, 0.25) is 17.8 Å². The fraction of sp³-hybridized carbons (Fsp3) is 0.417. The number of aryl methyl sites for hydroxylation is 3. The first-order valence-corrected chi connectivity index (χ1v) is 23.6. The van der Waals surface area contributed by atoms with E-state index in [4.69, 9.17) is 14.2 Å². The lowest BCUT2D eigenvalue weighted by molar-refractivity contribution is -0.123. The minimum atomic E-state index is -0.679. The number of carbonyl (C=O) groups is 3. The smallest absolute Gasteiger partial charge is 0.259 e.